The zero-order chi connectivity index (χ0) is 10.8. The highest BCUT2D eigenvalue weighted by atomic mass is 35.5. The van der Waals surface area contributed by atoms with Gasteiger partial charge in [-0.15, -0.1) is 0 Å². The SMILES string of the molecule is Cc1ncoc1C(O)c1ccccc1Cl. The second kappa shape index (κ2) is 4.04. The molecule has 1 heterocycles. The summed E-state index contributed by atoms with van der Waals surface area (Å²) >= 11 is 5.97. The number of hydrogen-bond acceptors (Lipinski definition) is 3. The molecular formula is C11H10ClNO2. The van der Waals surface area contributed by atoms with Crippen molar-refractivity contribution in [1.29, 1.82) is 0 Å². The van der Waals surface area contributed by atoms with Gasteiger partial charge >= 0.3 is 0 Å². The van der Waals surface area contributed by atoms with Crippen molar-refractivity contribution in [1.82, 2.24) is 4.98 Å². The molecule has 15 heavy (non-hydrogen) atoms. The molecule has 0 spiro atoms. The lowest BCUT2D eigenvalue weighted by atomic mass is 10.1. The first kappa shape index (κ1) is 10.2. The van der Waals surface area contributed by atoms with Crippen LogP contribution in [0, 0.1) is 6.92 Å². The highest BCUT2D eigenvalue weighted by Gasteiger charge is 2.19. The zero-order valence-corrected chi connectivity index (χ0v) is 8.90. The van der Waals surface area contributed by atoms with Gasteiger partial charge < -0.3 is 9.52 Å². The second-order valence-electron chi connectivity index (χ2n) is 3.23. The molecule has 2 rings (SSSR count). The van der Waals surface area contributed by atoms with E-state index in [2.05, 4.69) is 4.98 Å². The van der Waals surface area contributed by atoms with Crippen LogP contribution >= 0.6 is 11.6 Å². The summed E-state index contributed by atoms with van der Waals surface area (Å²) in [5, 5.41) is 10.5. The van der Waals surface area contributed by atoms with Gasteiger partial charge in [-0.1, -0.05) is 29.8 Å². The molecule has 0 bridgehead atoms. The molecule has 0 aliphatic rings. The minimum Gasteiger partial charge on any atom is -0.445 e. The molecule has 0 aliphatic heterocycles. The maximum Gasteiger partial charge on any atom is 0.181 e. The lowest BCUT2D eigenvalue weighted by Gasteiger charge is -2.10. The van der Waals surface area contributed by atoms with Gasteiger partial charge in [0.2, 0.25) is 0 Å². The van der Waals surface area contributed by atoms with Gasteiger partial charge in [-0.25, -0.2) is 4.98 Å². The van der Waals surface area contributed by atoms with Gasteiger partial charge in [-0.3, -0.25) is 0 Å². The minimum absolute atomic E-state index is 0.433. The Hall–Kier alpha value is -1.32. The fourth-order valence-corrected chi connectivity index (χ4v) is 1.65. The Morgan fingerprint density at radius 1 is 1.40 bits per heavy atom. The summed E-state index contributed by atoms with van der Waals surface area (Å²) in [5.41, 5.74) is 1.29. The fraction of sp³-hybridized carbons (Fsp3) is 0.182. The highest BCUT2D eigenvalue weighted by Crippen LogP contribution is 2.29. The summed E-state index contributed by atoms with van der Waals surface area (Å²) in [5.74, 6) is 0.433. The molecule has 0 radical (unpaired) electrons. The molecule has 0 saturated carbocycles. The van der Waals surface area contributed by atoms with E-state index in [0.29, 0.717) is 22.0 Å². The van der Waals surface area contributed by atoms with Crippen LogP contribution in [0.3, 0.4) is 0 Å². The van der Waals surface area contributed by atoms with Gasteiger partial charge in [0.1, 0.15) is 6.10 Å². The van der Waals surface area contributed by atoms with Gasteiger partial charge in [0.15, 0.2) is 12.2 Å². The fourth-order valence-electron chi connectivity index (χ4n) is 1.41. The summed E-state index contributed by atoms with van der Waals surface area (Å²) in [6, 6.07) is 7.11. The molecule has 1 aromatic heterocycles. The monoisotopic (exact) mass is 223 g/mol. The number of aromatic nitrogens is 1. The molecule has 0 amide bonds. The summed E-state index contributed by atoms with van der Waals surface area (Å²) < 4.78 is 5.12. The van der Waals surface area contributed by atoms with E-state index in [9.17, 15) is 5.11 Å². The van der Waals surface area contributed by atoms with Crippen LogP contribution in [0.5, 0.6) is 0 Å². The Balaban J connectivity index is 2.41. The van der Waals surface area contributed by atoms with E-state index in [-0.39, 0.29) is 0 Å². The number of aryl methyl sites for hydroxylation is 1. The maximum absolute atomic E-state index is 10.0. The van der Waals surface area contributed by atoms with Crippen molar-refractivity contribution in [2.24, 2.45) is 0 Å². The molecule has 1 N–H and O–H groups in total. The summed E-state index contributed by atoms with van der Waals surface area (Å²) in [7, 11) is 0. The van der Waals surface area contributed by atoms with E-state index < -0.39 is 6.10 Å². The quantitative estimate of drug-likeness (QED) is 0.852. The van der Waals surface area contributed by atoms with Crippen molar-refractivity contribution in [3.05, 3.63) is 52.7 Å². The first-order valence-corrected chi connectivity index (χ1v) is 4.90. The Bertz CT molecular complexity index is 467. The van der Waals surface area contributed by atoms with Crippen LogP contribution in [0.25, 0.3) is 0 Å². The number of halogens is 1. The number of nitrogens with zero attached hydrogens (tertiary/aromatic N) is 1. The Morgan fingerprint density at radius 2 is 2.13 bits per heavy atom. The normalized spacial score (nSPS) is 12.7. The number of aliphatic hydroxyl groups is 1. The summed E-state index contributed by atoms with van der Waals surface area (Å²) in [6.07, 6.45) is 0.450. The van der Waals surface area contributed by atoms with Crippen LogP contribution in [0.1, 0.15) is 23.1 Å². The Kier molecular flexibility index (Phi) is 2.75. The maximum atomic E-state index is 10.0. The molecule has 0 saturated heterocycles. The lowest BCUT2D eigenvalue weighted by molar-refractivity contribution is 0.188. The van der Waals surface area contributed by atoms with Gasteiger partial charge in [-0.2, -0.15) is 0 Å². The Labute approximate surface area is 92.3 Å². The zero-order valence-electron chi connectivity index (χ0n) is 8.14. The van der Waals surface area contributed by atoms with E-state index in [4.69, 9.17) is 16.0 Å². The molecule has 0 aliphatic carbocycles. The van der Waals surface area contributed by atoms with Crippen molar-refractivity contribution in [3.63, 3.8) is 0 Å². The van der Waals surface area contributed by atoms with E-state index in [0.717, 1.165) is 0 Å². The van der Waals surface area contributed by atoms with Gasteiger partial charge in [0.25, 0.3) is 0 Å². The van der Waals surface area contributed by atoms with Crippen molar-refractivity contribution >= 4 is 11.6 Å². The molecule has 78 valence electrons. The molecular weight excluding hydrogens is 214 g/mol. The van der Waals surface area contributed by atoms with Gasteiger partial charge in [0.05, 0.1) is 5.69 Å². The summed E-state index contributed by atoms with van der Waals surface area (Å²) in [4.78, 5) is 3.92. The van der Waals surface area contributed by atoms with E-state index in [1.807, 2.05) is 12.1 Å². The molecule has 1 unspecified atom stereocenters. The number of hydrogen-bond donors (Lipinski definition) is 1. The second-order valence-corrected chi connectivity index (χ2v) is 3.63. The van der Waals surface area contributed by atoms with E-state index in [1.54, 1.807) is 19.1 Å². The smallest absolute Gasteiger partial charge is 0.181 e. The number of rotatable bonds is 2. The van der Waals surface area contributed by atoms with E-state index in [1.165, 1.54) is 6.39 Å². The van der Waals surface area contributed by atoms with Crippen LogP contribution in [-0.4, -0.2) is 10.1 Å². The molecule has 1 aromatic carbocycles. The van der Waals surface area contributed by atoms with E-state index >= 15 is 0 Å². The van der Waals surface area contributed by atoms with Crippen LogP contribution < -0.4 is 0 Å². The van der Waals surface area contributed by atoms with Crippen molar-refractivity contribution in [2.75, 3.05) is 0 Å². The number of benzene rings is 1. The van der Waals surface area contributed by atoms with Gasteiger partial charge in [0, 0.05) is 10.6 Å². The number of oxazole rings is 1. The van der Waals surface area contributed by atoms with Crippen molar-refractivity contribution in [2.45, 2.75) is 13.0 Å². The topological polar surface area (TPSA) is 46.3 Å². The van der Waals surface area contributed by atoms with Crippen LogP contribution in [-0.2, 0) is 0 Å². The van der Waals surface area contributed by atoms with Crippen LogP contribution in [0.15, 0.2) is 35.1 Å². The predicted molar refractivity (Wildman–Crippen MR) is 56.8 cm³/mol. The van der Waals surface area contributed by atoms with Crippen LogP contribution in [0.2, 0.25) is 5.02 Å². The lowest BCUT2D eigenvalue weighted by Crippen LogP contribution is -2.00. The third kappa shape index (κ3) is 1.89. The standard InChI is InChI=1S/C11H10ClNO2/c1-7-11(15-6-13-7)10(14)8-4-2-3-5-9(8)12/h2-6,10,14H,1H3. The van der Waals surface area contributed by atoms with Crippen LogP contribution in [0.4, 0.5) is 0 Å². The third-order valence-electron chi connectivity index (χ3n) is 2.23. The average Bonchev–Trinajstić information content (AvgIpc) is 2.64. The Morgan fingerprint density at radius 3 is 2.73 bits per heavy atom. The van der Waals surface area contributed by atoms with Crippen molar-refractivity contribution in [3.8, 4) is 0 Å². The largest absolute Gasteiger partial charge is 0.445 e. The minimum atomic E-state index is -0.860. The predicted octanol–water partition coefficient (Wildman–Crippen LogP) is 2.72. The average molecular weight is 224 g/mol. The third-order valence-corrected chi connectivity index (χ3v) is 2.57. The molecule has 1 atom stereocenters. The summed E-state index contributed by atoms with van der Waals surface area (Å²) in [6.45, 7) is 1.78. The molecule has 0 fully saturated rings. The molecule has 2 aromatic rings. The van der Waals surface area contributed by atoms with Crippen molar-refractivity contribution < 1.29 is 9.52 Å². The number of aliphatic hydroxyl groups excluding tert-OH is 1. The molecule has 4 heteroatoms. The van der Waals surface area contributed by atoms with Gasteiger partial charge in [-0.05, 0) is 13.0 Å². The molecule has 3 nitrogen and oxygen atoms in total. The first-order valence-electron chi connectivity index (χ1n) is 4.52. The highest BCUT2D eigenvalue weighted by molar-refractivity contribution is 6.31. The first-order chi connectivity index (χ1) is 7.20.